The minimum atomic E-state index is -1.25. The van der Waals surface area contributed by atoms with Crippen LogP contribution in [-0.2, 0) is 11.3 Å². The number of hydrogen-bond donors (Lipinski definition) is 2. The molecule has 1 aliphatic heterocycles. The number of likely N-dealkylation sites (tertiary alicyclic amines) is 1. The molecule has 100 valence electrons. The van der Waals surface area contributed by atoms with Gasteiger partial charge in [-0.25, -0.2) is 4.39 Å². The minimum absolute atomic E-state index is 0.198. The number of rotatable bonds is 3. The predicted molar refractivity (Wildman–Crippen MR) is 65.6 cm³/mol. The summed E-state index contributed by atoms with van der Waals surface area (Å²) < 4.78 is 13.2. The second-order valence-corrected chi connectivity index (χ2v) is 4.84. The third kappa shape index (κ3) is 2.72. The van der Waals surface area contributed by atoms with E-state index in [1.165, 1.54) is 18.2 Å². The van der Waals surface area contributed by atoms with E-state index in [1.807, 2.05) is 11.0 Å². The fraction of sp³-hybridized carbons (Fsp3) is 0.385. The van der Waals surface area contributed by atoms with Gasteiger partial charge in [0.25, 0.3) is 0 Å². The quantitative estimate of drug-likeness (QED) is 0.837. The molecule has 0 aliphatic carbocycles. The Morgan fingerprint density at radius 2 is 2.37 bits per heavy atom. The second-order valence-electron chi connectivity index (χ2n) is 4.84. The zero-order valence-electron chi connectivity index (χ0n) is 10.3. The molecule has 19 heavy (non-hydrogen) atoms. The summed E-state index contributed by atoms with van der Waals surface area (Å²) in [5, 5.41) is 18.0. The number of carbonyl (C=O) groups is 1. The first-order valence-corrected chi connectivity index (χ1v) is 5.88. The Bertz CT molecular complexity index is 555. The Morgan fingerprint density at radius 3 is 2.95 bits per heavy atom. The second kappa shape index (κ2) is 4.96. The number of nitrogens with two attached hydrogens (primary N) is 1. The summed E-state index contributed by atoms with van der Waals surface area (Å²) in [6, 6.07) is 5.96. The van der Waals surface area contributed by atoms with Crippen LogP contribution in [0.15, 0.2) is 18.2 Å². The summed E-state index contributed by atoms with van der Waals surface area (Å²) in [7, 11) is 0. The van der Waals surface area contributed by atoms with Crippen molar-refractivity contribution in [1.29, 1.82) is 5.26 Å². The van der Waals surface area contributed by atoms with Crippen LogP contribution in [0, 0.1) is 17.1 Å². The van der Waals surface area contributed by atoms with E-state index < -0.39 is 17.3 Å². The van der Waals surface area contributed by atoms with Gasteiger partial charge in [0.15, 0.2) is 0 Å². The molecule has 0 amide bonds. The summed E-state index contributed by atoms with van der Waals surface area (Å²) in [5.41, 5.74) is 5.46. The number of nitriles is 1. The molecule has 0 saturated carbocycles. The average Bonchev–Trinajstić information content (AvgIpc) is 2.73. The zero-order valence-corrected chi connectivity index (χ0v) is 10.3. The molecule has 1 aromatic rings. The predicted octanol–water partition coefficient (Wildman–Crippen LogP) is 0.685. The molecule has 1 aliphatic rings. The van der Waals surface area contributed by atoms with Gasteiger partial charge in [-0.3, -0.25) is 9.69 Å². The lowest BCUT2D eigenvalue weighted by Crippen LogP contribution is -2.50. The van der Waals surface area contributed by atoms with E-state index in [0.717, 1.165) is 0 Å². The van der Waals surface area contributed by atoms with E-state index >= 15 is 0 Å². The van der Waals surface area contributed by atoms with Gasteiger partial charge in [0.05, 0.1) is 11.6 Å². The van der Waals surface area contributed by atoms with Crippen LogP contribution >= 0.6 is 0 Å². The molecule has 0 radical (unpaired) electrons. The van der Waals surface area contributed by atoms with Crippen LogP contribution in [0.3, 0.4) is 0 Å². The smallest absolute Gasteiger partial charge is 0.325 e. The Kier molecular flexibility index (Phi) is 3.51. The topological polar surface area (TPSA) is 90.4 Å². The number of nitrogens with zero attached hydrogens (tertiary/aromatic N) is 2. The molecule has 1 atom stereocenters. The normalized spacial score (nSPS) is 23.2. The Morgan fingerprint density at radius 1 is 1.63 bits per heavy atom. The van der Waals surface area contributed by atoms with Crippen LogP contribution in [0.4, 0.5) is 4.39 Å². The molecular formula is C13H14FN3O2. The van der Waals surface area contributed by atoms with Crippen molar-refractivity contribution in [2.45, 2.75) is 18.5 Å². The lowest BCUT2D eigenvalue weighted by molar-refractivity contribution is -0.142. The highest BCUT2D eigenvalue weighted by molar-refractivity contribution is 5.79. The van der Waals surface area contributed by atoms with Crippen LogP contribution < -0.4 is 5.73 Å². The van der Waals surface area contributed by atoms with Gasteiger partial charge in [-0.05, 0) is 30.2 Å². The van der Waals surface area contributed by atoms with Crippen molar-refractivity contribution < 1.29 is 14.3 Å². The van der Waals surface area contributed by atoms with Gasteiger partial charge in [-0.15, -0.1) is 0 Å². The lowest BCUT2D eigenvalue weighted by Gasteiger charge is -2.20. The van der Waals surface area contributed by atoms with Crippen molar-refractivity contribution in [3.05, 3.63) is 35.1 Å². The molecule has 1 aromatic carbocycles. The monoisotopic (exact) mass is 263 g/mol. The maximum Gasteiger partial charge on any atom is 0.325 e. The van der Waals surface area contributed by atoms with E-state index in [1.54, 1.807) is 0 Å². The van der Waals surface area contributed by atoms with Gasteiger partial charge in [0, 0.05) is 19.6 Å². The summed E-state index contributed by atoms with van der Waals surface area (Å²) in [4.78, 5) is 12.9. The number of halogens is 1. The molecule has 6 heteroatoms. The van der Waals surface area contributed by atoms with Crippen LogP contribution in [0.25, 0.3) is 0 Å². The third-order valence-corrected chi connectivity index (χ3v) is 3.39. The highest BCUT2D eigenvalue weighted by atomic mass is 19.1. The first-order chi connectivity index (χ1) is 8.94. The van der Waals surface area contributed by atoms with Crippen molar-refractivity contribution in [2.24, 2.45) is 5.73 Å². The number of carboxylic acids is 1. The van der Waals surface area contributed by atoms with Crippen LogP contribution in [-0.4, -0.2) is 34.6 Å². The third-order valence-electron chi connectivity index (χ3n) is 3.39. The van der Waals surface area contributed by atoms with Gasteiger partial charge in [0.1, 0.15) is 11.4 Å². The van der Waals surface area contributed by atoms with Crippen LogP contribution in [0.2, 0.25) is 0 Å². The van der Waals surface area contributed by atoms with E-state index in [-0.39, 0.29) is 6.54 Å². The molecule has 1 fully saturated rings. The van der Waals surface area contributed by atoms with Gasteiger partial charge in [-0.1, -0.05) is 0 Å². The summed E-state index contributed by atoms with van der Waals surface area (Å²) >= 11 is 0. The first kappa shape index (κ1) is 13.5. The number of carboxylic acid groups (broad SMARTS) is 1. The lowest BCUT2D eigenvalue weighted by atomic mass is 10.0. The molecule has 1 unspecified atom stereocenters. The summed E-state index contributed by atoms with van der Waals surface area (Å²) in [6.45, 7) is 1.04. The summed E-state index contributed by atoms with van der Waals surface area (Å²) in [6.07, 6.45) is 0.347. The van der Waals surface area contributed by atoms with Crippen molar-refractivity contribution in [3.8, 4) is 6.07 Å². The Labute approximate surface area is 110 Å². The minimum Gasteiger partial charge on any atom is -0.480 e. The van der Waals surface area contributed by atoms with E-state index in [4.69, 9.17) is 16.1 Å². The molecule has 2 rings (SSSR count). The van der Waals surface area contributed by atoms with Crippen molar-refractivity contribution >= 4 is 5.97 Å². The van der Waals surface area contributed by atoms with E-state index in [2.05, 4.69) is 0 Å². The molecule has 0 bridgehead atoms. The molecule has 5 nitrogen and oxygen atoms in total. The fourth-order valence-electron chi connectivity index (χ4n) is 2.27. The maximum absolute atomic E-state index is 13.2. The SMILES string of the molecule is N#Cc1ccc(F)cc1CN1CCC(N)(C(=O)O)C1. The number of aliphatic carboxylic acids is 1. The largest absolute Gasteiger partial charge is 0.480 e. The maximum atomic E-state index is 13.2. The first-order valence-electron chi connectivity index (χ1n) is 5.88. The van der Waals surface area contributed by atoms with Crippen molar-refractivity contribution in [2.75, 3.05) is 13.1 Å². The van der Waals surface area contributed by atoms with E-state index in [9.17, 15) is 9.18 Å². The fourth-order valence-corrected chi connectivity index (χ4v) is 2.27. The van der Waals surface area contributed by atoms with Gasteiger partial charge in [-0.2, -0.15) is 5.26 Å². The van der Waals surface area contributed by atoms with E-state index in [0.29, 0.717) is 30.6 Å². The Hall–Kier alpha value is -1.97. The van der Waals surface area contributed by atoms with Gasteiger partial charge < -0.3 is 10.8 Å². The molecule has 3 N–H and O–H groups in total. The average molecular weight is 263 g/mol. The molecule has 0 spiro atoms. The summed E-state index contributed by atoms with van der Waals surface area (Å²) in [5.74, 6) is -1.44. The molecule has 1 heterocycles. The number of benzene rings is 1. The van der Waals surface area contributed by atoms with Gasteiger partial charge in [0.2, 0.25) is 0 Å². The molecule has 0 aromatic heterocycles. The van der Waals surface area contributed by atoms with Crippen LogP contribution in [0.5, 0.6) is 0 Å². The van der Waals surface area contributed by atoms with Gasteiger partial charge >= 0.3 is 5.97 Å². The Balaban J connectivity index is 2.14. The zero-order chi connectivity index (χ0) is 14.0. The molecular weight excluding hydrogens is 249 g/mol. The van der Waals surface area contributed by atoms with Crippen molar-refractivity contribution in [1.82, 2.24) is 4.90 Å². The highest BCUT2D eigenvalue weighted by Gasteiger charge is 2.41. The van der Waals surface area contributed by atoms with Crippen LogP contribution in [0.1, 0.15) is 17.5 Å². The standard InChI is InChI=1S/C13H14FN3O2/c14-11-2-1-9(6-15)10(5-11)7-17-4-3-13(16,8-17)12(18)19/h1-2,5H,3-4,7-8,16H2,(H,18,19). The van der Waals surface area contributed by atoms with Crippen molar-refractivity contribution in [3.63, 3.8) is 0 Å². The highest BCUT2D eigenvalue weighted by Crippen LogP contribution is 2.22. The number of hydrogen-bond acceptors (Lipinski definition) is 4. The molecule has 1 saturated heterocycles.